The molecule has 8 heteroatoms. The van der Waals surface area contributed by atoms with E-state index in [2.05, 4.69) is 15.4 Å². The lowest BCUT2D eigenvalue weighted by Gasteiger charge is -2.07. The number of aromatic nitrogens is 3. The van der Waals surface area contributed by atoms with E-state index >= 15 is 0 Å². The monoisotopic (exact) mass is 408 g/mol. The highest BCUT2D eigenvalue weighted by Crippen LogP contribution is 2.30. The van der Waals surface area contributed by atoms with Crippen LogP contribution in [0.5, 0.6) is 0 Å². The number of amides is 1. The molecule has 1 N–H and O–H groups in total. The fraction of sp³-hybridized carbons (Fsp3) is 0.100. The molecule has 0 unspecified atom stereocenters. The summed E-state index contributed by atoms with van der Waals surface area (Å²) in [5.74, 6) is -0.344. The molecule has 0 saturated carbocycles. The zero-order valence-corrected chi connectivity index (χ0v) is 16.6. The Morgan fingerprint density at radius 3 is 2.64 bits per heavy atom. The number of nitrogens with one attached hydrogen (secondary N) is 1. The van der Waals surface area contributed by atoms with Crippen molar-refractivity contribution < 1.29 is 4.79 Å². The fourth-order valence-corrected chi connectivity index (χ4v) is 4.27. The number of hydrogen-bond donors (Lipinski definition) is 1. The zero-order chi connectivity index (χ0) is 19.5. The normalized spacial score (nSPS) is 10.8. The van der Waals surface area contributed by atoms with Crippen LogP contribution in [0, 0.1) is 6.92 Å². The molecule has 0 radical (unpaired) electrons. The van der Waals surface area contributed by atoms with Crippen molar-refractivity contribution in [3.8, 4) is 21.8 Å². The van der Waals surface area contributed by atoms with Crippen molar-refractivity contribution in [3.63, 3.8) is 0 Å². The van der Waals surface area contributed by atoms with Crippen molar-refractivity contribution in [1.82, 2.24) is 14.8 Å². The molecule has 0 spiro atoms. The van der Waals surface area contributed by atoms with Gasteiger partial charge in [0, 0.05) is 21.9 Å². The van der Waals surface area contributed by atoms with E-state index in [-0.39, 0.29) is 18.0 Å². The number of carbonyl (C=O) groups is 1. The van der Waals surface area contributed by atoms with Crippen molar-refractivity contribution in [2.24, 2.45) is 0 Å². The average Bonchev–Trinajstić information content (AvgIpc) is 3.33. The van der Waals surface area contributed by atoms with Gasteiger partial charge in [-0.05, 0) is 25.1 Å². The van der Waals surface area contributed by atoms with Gasteiger partial charge in [0.2, 0.25) is 5.91 Å². The smallest absolute Gasteiger partial charge is 0.267 e. The molecule has 140 valence electrons. The van der Waals surface area contributed by atoms with Gasteiger partial charge in [-0.3, -0.25) is 9.59 Å². The SMILES string of the molecule is Cc1ccc(-c2csc(NC(=O)Cn3nc(-c4ccccc4)ccc3=O)n2)s1. The van der Waals surface area contributed by atoms with Crippen LogP contribution in [0.3, 0.4) is 0 Å². The van der Waals surface area contributed by atoms with E-state index in [1.807, 2.05) is 54.8 Å². The first-order valence-corrected chi connectivity index (χ1v) is 10.2. The van der Waals surface area contributed by atoms with Gasteiger partial charge in [-0.2, -0.15) is 5.10 Å². The highest BCUT2D eigenvalue weighted by molar-refractivity contribution is 7.17. The number of benzene rings is 1. The summed E-state index contributed by atoms with van der Waals surface area (Å²) in [5, 5.41) is 9.46. The summed E-state index contributed by atoms with van der Waals surface area (Å²) in [6, 6.07) is 16.6. The minimum atomic E-state index is -0.344. The maximum Gasteiger partial charge on any atom is 0.267 e. The highest BCUT2D eigenvalue weighted by atomic mass is 32.1. The Kier molecular flexibility index (Phi) is 5.14. The topological polar surface area (TPSA) is 76.9 Å². The van der Waals surface area contributed by atoms with E-state index in [1.165, 1.54) is 22.3 Å². The second-order valence-electron chi connectivity index (χ2n) is 6.08. The third kappa shape index (κ3) is 4.08. The fourth-order valence-electron chi connectivity index (χ4n) is 2.64. The molecule has 0 aliphatic carbocycles. The molecule has 1 aromatic carbocycles. The largest absolute Gasteiger partial charge is 0.300 e. The summed E-state index contributed by atoms with van der Waals surface area (Å²) in [5.41, 5.74) is 2.02. The molecule has 4 rings (SSSR count). The van der Waals surface area contributed by atoms with Crippen LogP contribution in [0.1, 0.15) is 4.88 Å². The molecule has 1 amide bonds. The van der Waals surface area contributed by atoms with Crippen molar-refractivity contribution in [1.29, 1.82) is 0 Å². The zero-order valence-electron chi connectivity index (χ0n) is 15.0. The van der Waals surface area contributed by atoms with Gasteiger partial charge in [-0.1, -0.05) is 30.3 Å². The van der Waals surface area contributed by atoms with E-state index in [1.54, 1.807) is 17.4 Å². The molecular formula is C20H16N4O2S2. The number of anilines is 1. The number of carbonyl (C=O) groups excluding carboxylic acids is 1. The second-order valence-corrected chi connectivity index (χ2v) is 8.22. The van der Waals surface area contributed by atoms with Crippen LogP contribution >= 0.6 is 22.7 Å². The number of nitrogens with zero attached hydrogens (tertiary/aromatic N) is 3. The number of rotatable bonds is 5. The van der Waals surface area contributed by atoms with Gasteiger partial charge >= 0.3 is 0 Å². The molecule has 3 aromatic heterocycles. The summed E-state index contributed by atoms with van der Waals surface area (Å²) in [4.78, 5) is 31.2. The standard InChI is InChI=1S/C20H16N4O2S2/c1-13-7-9-17(28-13)16-12-27-20(21-16)22-18(25)11-24-19(26)10-8-15(23-24)14-5-3-2-4-6-14/h2-10,12H,11H2,1H3,(H,21,22,25). The van der Waals surface area contributed by atoms with Crippen LogP contribution in [-0.2, 0) is 11.3 Å². The molecule has 3 heterocycles. The molecule has 4 aromatic rings. The predicted molar refractivity (Wildman–Crippen MR) is 113 cm³/mol. The van der Waals surface area contributed by atoms with E-state index in [9.17, 15) is 9.59 Å². The molecule has 0 saturated heterocycles. The van der Waals surface area contributed by atoms with Gasteiger partial charge in [0.15, 0.2) is 5.13 Å². The summed E-state index contributed by atoms with van der Waals surface area (Å²) < 4.78 is 1.16. The van der Waals surface area contributed by atoms with Crippen molar-refractivity contribution in [3.05, 3.63) is 75.2 Å². The number of thiazole rings is 1. The van der Waals surface area contributed by atoms with Gasteiger partial charge in [0.25, 0.3) is 5.56 Å². The summed E-state index contributed by atoms with van der Waals surface area (Å²) in [7, 11) is 0. The minimum absolute atomic E-state index is 0.174. The van der Waals surface area contributed by atoms with Gasteiger partial charge < -0.3 is 5.32 Å². The van der Waals surface area contributed by atoms with E-state index in [0.717, 1.165) is 20.8 Å². The number of hydrogen-bond acceptors (Lipinski definition) is 6. The van der Waals surface area contributed by atoms with Crippen molar-refractivity contribution >= 4 is 33.7 Å². The molecule has 0 aliphatic rings. The second kappa shape index (κ2) is 7.87. The van der Waals surface area contributed by atoms with E-state index in [0.29, 0.717) is 10.8 Å². The minimum Gasteiger partial charge on any atom is -0.300 e. The van der Waals surface area contributed by atoms with Crippen molar-refractivity contribution in [2.75, 3.05) is 5.32 Å². The lowest BCUT2D eigenvalue weighted by molar-refractivity contribution is -0.117. The van der Waals surface area contributed by atoms with Crippen LogP contribution in [0.15, 0.2) is 64.8 Å². The number of aryl methyl sites for hydroxylation is 1. The Morgan fingerprint density at radius 1 is 1.07 bits per heavy atom. The Labute approximate surface area is 169 Å². The Bertz CT molecular complexity index is 1180. The first kappa shape index (κ1) is 18.3. The Balaban J connectivity index is 1.48. The lowest BCUT2D eigenvalue weighted by atomic mass is 10.1. The van der Waals surface area contributed by atoms with Gasteiger partial charge in [0.05, 0.1) is 16.3 Å². The summed E-state index contributed by atoms with van der Waals surface area (Å²) in [6.45, 7) is 1.87. The molecule has 6 nitrogen and oxygen atoms in total. The first-order chi connectivity index (χ1) is 13.6. The first-order valence-electron chi connectivity index (χ1n) is 8.54. The molecular weight excluding hydrogens is 392 g/mol. The molecule has 0 bridgehead atoms. The third-order valence-corrected chi connectivity index (χ3v) is 5.75. The lowest BCUT2D eigenvalue weighted by Crippen LogP contribution is -2.29. The van der Waals surface area contributed by atoms with Crippen molar-refractivity contribution in [2.45, 2.75) is 13.5 Å². The average molecular weight is 409 g/mol. The predicted octanol–water partition coefficient (Wildman–Crippen LogP) is 4.04. The summed E-state index contributed by atoms with van der Waals surface area (Å²) >= 11 is 3.01. The summed E-state index contributed by atoms with van der Waals surface area (Å²) in [6.07, 6.45) is 0. The van der Waals surface area contributed by atoms with Crippen LogP contribution in [0.25, 0.3) is 21.8 Å². The van der Waals surface area contributed by atoms with Gasteiger partial charge in [0.1, 0.15) is 6.54 Å². The molecule has 28 heavy (non-hydrogen) atoms. The van der Waals surface area contributed by atoms with E-state index < -0.39 is 0 Å². The molecule has 0 aliphatic heterocycles. The molecule has 0 fully saturated rings. The maximum absolute atomic E-state index is 12.4. The highest BCUT2D eigenvalue weighted by Gasteiger charge is 2.12. The quantitative estimate of drug-likeness (QED) is 0.541. The number of thiophene rings is 1. The Morgan fingerprint density at radius 2 is 1.89 bits per heavy atom. The Hall–Kier alpha value is -3.10. The molecule has 0 atom stereocenters. The maximum atomic E-state index is 12.4. The van der Waals surface area contributed by atoms with Crippen LogP contribution in [-0.4, -0.2) is 20.7 Å². The van der Waals surface area contributed by atoms with E-state index in [4.69, 9.17) is 0 Å². The third-order valence-electron chi connectivity index (χ3n) is 3.97. The van der Waals surface area contributed by atoms with Crippen LogP contribution in [0.2, 0.25) is 0 Å². The van der Waals surface area contributed by atoms with Gasteiger partial charge in [-0.25, -0.2) is 9.67 Å². The van der Waals surface area contributed by atoms with Crippen LogP contribution < -0.4 is 10.9 Å². The van der Waals surface area contributed by atoms with Crippen LogP contribution in [0.4, 0.5) is 5.13 Å². The van der Waals surface area contributed by atoms with Gasteiger partial charge in [-0.15, -0.1) is 22.7 Å².